The van der Waals surface area contributed by atoms with Crippen molar-refractivity contribution in [1.29, 1.82) is 0 Å². The van der Waals surface area contributed by atoms with Gasteiger partial charge in [-0.2, -0.15) is 0 Å². The molecule has 0 aromatic carbocycles. The van der Waals surface area contributed by atoms with E-state index in [9.17, 15) is 14.4 Å². The van der Waals surface area contributed by atoms with E-state index in [0.717, 1.165) is 69.8 Å². The van der Waals surface area contributed by atoms with E-state index in [-0.39, 0.29) is 63.4 Å². The Morgan fingerprint density at radius 3 is 2.12 bits per heavy atom. The molecule has 0 spiro atoms. The first-order valence-electron chi connectivity index (χ1n) is 15.7. The highest BCUT2D eigenvalue weighted by molar-refractivity contribution is 6.64. The summed E-state index contributed by atoms with van der Waals surface area (Å²) in [6, 6.07) is 0. The molecule has 0 aromatic heterocycles. The van der Waals surface area contributed by atoms with E-state index in [1.54, 1.807) is 0 Å². The first-order valence-corrected chi connectivity index (χ1v) is 16.1. The Morgan fingerprint density at radius 2 is 1.50 bits per heavy atom. The van der Waals surface area contributed by atoms with Gasteiger partial charge in [0.25, 0.3) is 0 Å². The maximum atomic E-state index is 13.2. The zero-order valence-electron chi connectivity index (χ0n) is 25.9. The van der Waals surface area contributed by atoms with Gasteiger partial charge >= 0.3 is 11.9 Å². The Kier molecular flexibility index (Phi) is 7.41. The highest BCUT2D eigenvalue weighted by Crippen LogP contribution is 2.77. The fourth-order valence-corrected chi connectivity index (χ4v) is 12.4. The van der Waals surface area contributed by atoms with Crippen LogP contribution in [0.4, 0.5) is 0 Å². The number of halogens is 1. The first kappa shape index (κ1) is 30.1. The number of carbonyl (C=O) groups excluding carboxylic acids is 3. The number of ether oxygens (including phenoxy) is 2. The second kappa shape index (κ2) is 9.85. The van der Waals surface area contributed by atoms with Gasteiger partial charge < -0.3 is 9.47 Å². The predicted molar refractivity (Wildman–Crippen MR) is 156 cm³/mol. The second-order valence-electron chi connectivity index (χ2n) is 15.7. The van der Waals surface area contributed by atoms with Crippen LogP contribution in [0.2, 0.25) is 0 Å². The Balaban J connectivity index is 1.49. The first-order chi connectivity index (χ1) is 18.5. The molecule has 0 saturated heterocycles. The SMILES string of the molecule is C=C(COC(C)=O)[C@@H]1CC[C@]2(C(=O)Cl)CC[C@]3(C)[C@H](CC[C@@H]4[C@@]5(C)CC[C@H](OC(C)=O)C(C)(C)[C@@H]5CC[C@]43C)[C@@H]12. The van der Waals surface area contributed by atoms with Crippen LogP contribution in [-0.2, 0) is 23.9 Å². The van der Waals surface area contributed by atoms with Gasteiger partial charge in [-0.1, -0.05) is 41.2 Å². The lowest BCUT2D eigenvalue weighted by Crippen LogP contribution is -2.67. The van der Waals surface area contributed by atoms with Crippen molar-refractivity contribution in [3.8, 4) is 0 Å². The number of hydrogen-bond donors (Lipinski definition) is 0. The number of hydrogen-bond acceptors (Lipinski definition) is 5. The molecule has 0 aromatic rings. The van der Waals surface area contributed by atoms with E-state index < -0.39 is 5.41 Å². The summed E-state index contributed by atoms with van der Waals surface area (Å²) in [6.07, 6.45) is 10.1. The molecular weight excluding hydrogens is 524 g/mol. The molecule has 0 radical (unpaired) electrons. The predicted octanol–water partition coefficient (Wildman–Crippen LogP) is 7.88. The molecule has 5 aliphatic carbocycles. The maximum absolute atomic E-state index is 13.2. The molecule has 40 heavy (non-hydrogen) atoms. The zero-order chi connectivity index (χ0) is 29.5. The van der Waals surface area contributed by atoms with E-state index in [0.29, 0.717) is 17.8 Å². The quantitative estimate of drug-likeness (QED) is 0.190. The summed E-state index contributed by atoms with van der Waals surface area (Å²) in [6.45, 7) is 19.9. The van der Waals surface area contributed by atoms with Gasteiger partial charge in [-0.25, -0.2) is 0 Å². The van der Waals surface area contributed by atoms with Crippen molar-refractivity contribution in [2.45, 2.75) is 119 Å². The lowest BCUT2D eigenvalue weighted by Gasteiger charge is -2.72. The maximum Gasteiger partial charge on any atom is 0.302 e. The van der Waals surface area contributed by atoms with Crippen LogP contribution in [0, 0.1) is 56.7 Å². The standard InChI is InChI=1S/C34H51ClO5/c1-20(19-39-21(2)36)23-11-16-34(29(35)38)18-17-32(7)24(28(23)34)9-10-26-31(6)14-13-27(40-22(3)37)30(4,5)25(31)12-15-33(26,32)8/h23-28H,1,9-19H2,2-8H3/t23-,24+,25-,26+,27-,28+,31-,32+,33+,34-/m0/s1. The summed E-state index contributed by atoms with van der Waals surface area (Å²) >= 11 is 6.50. The summed E-state index contributed by atoms with van der Waals surface area (Å²) in [5, 5.41) is -0.171. The van der Waals surface area contributed by atoms with Crippen molar-refractivity contribution in [3.63, 3.8) is 0 Å². The Bertz CT molecular complexity index is 1100. The average Bonchev–Trinajstić information content (AvgIpc) is 3.26. The third kappa shape index (κ3) is 4.09. The second-order valence-corrected chi connectivity index (χ2v) is 16.0. The van der Waals surface area contributed by atoms with Crippen molar-refractivity contribution in [2.24, 2.45) is 56.7 Å². The van der Waals surface area contributed by atoms with Crippen molar-refractivity contribution < 1.29 is 23.9 Å². The van der Waals surface area contributed by atoms with Crippen LogP contribution in [0.3, 0.4) is 0 Å². The van der Waals surface area contributed by atoms with Crippen LogP contribution in [-0.4, -0.2) is 29.9 Å². The number of esters is 2. The van der Waals surface area contributed by atoms with Gasteiger partial charge in [0.2, 0.25) is 5.24 Å². The van der Waals surface area contributed by atoms with Gasteiger partial charge in [-0.3, -0.25) is 14.4 Å². The molecule has 0 N–H and O–H groups in total. The van der Waals surface area contributed by atoms with Crippen LogP contribution in [0.15, 0.2) is 12.2 Å². The van der Waals surface area contributed by atoms with Crippen LogP contribution < -0.4 is 0 Å². The highest BCUT2D eigenvalue weighted by atomic mass is 35.5. The molecule has 10 atom stereocenters. The highest BCUT2D eigenvalue weighted by Gasteiger charge is 2.72. The summed E-state index contributed by atoms with van der Waals surface area (Å²) in [5.41, 5.74) is 0.812. The molecule has 5 fully saturated rings. The minimum Gasteiger partial charge on any atom is -0.462 e. The van der Waals surface area contributed by atoms with Crippen molar-refractivity contribution >= 4 is 28.8 Å². The molecule has 0 amide bonds. The minimum atomic E-state index is -0.496. The van der Waals surface area contributed by atoms with Gasteiger partial charge in [0, 0.05) is 24.7 Å². The van der Waals surface area contributed by atoms with E-state index in [1.807, 2.05) is 0 Å². The van der Waals surface area contributed by atoms with Gasteiger partial charge in [0.1, 0.15) is 12.7 Å². The molecule has 0 aliphatic heterocycles. The molecule has 0 heterocycles. The lowest BCUT2D eigenvalue weighted by molar-refractivity contribution is -0.248. The van der Waals surface area contributed by atoms with Gasteiger partial charge in [0.15, 0.2) is 0 Å². The van der Waals surface area contributed by atoms with Crippen LogP contribution in [0.1, 0.15) is 113 Å². The molecule has 5 nitrogen and oxygen atoms in total. The molecule has 5 rings (SSSR count). The molecule has 224 valence electrons. The number of fused-ring (bicyclic) bond motifs is 7. The van der Waals surface area contributed by atoms with Crippen molar-refractivity contribution in [1.82, 2.24) is 0 Å². The Morgan fingerprint density at radius 1 is 0.800 bits per heavy atom. The average molecular weight is 575 g/mol. The topological polar surface area (TPSA) is 69.7 Å². The van der Waals surface area contributed by atoms with Crippen LogP contribution in [0.5, 0.6) is 0 Å². The fourth-order valence-electron chi connectivity index (χ4n) is 12.1. The molecule has 5 aliphatic rings. The monoisotopic (exact) mass is 574 g/mol. The lowest BCUT2D eigenvalue weighted by atomic mass is 9.32. The third-order valence-corrected chi connectivity index (χ3v) is 14.4. The summed E-state index contributed by atoms with van der Waals surface area (Å²) in [7, 11) is 0. The normalized spacial score (nSPS) is 47.1. The third-order valence-electron chi connectivity index (χ3n) is 14.1. The minimum absolute atomic E-state index is 0.0214. The largest absolute Gasteiger partial charge is 0.462 e. The fraction of sp³-hybridized carbons (Fsp3) is 0.853. The smallest absolute Gasteiger partial charge is 0.302 e. The van der Waals surface area contributed by atoms with Gasteiger partial charge in [-0.15, -0.1) is 0 Å². The molecule has 5 saturated carbocycles. The van der Waals surface area contributed by atoms with Gasteiger partial charge in [0.05, 0.1) is 0 Å². The molecule has 0 unspecified atom stereocenters. The van der Waals surface area contributed by atoms with Crippen LogP contribution >= 0.6 is 11.6 Å². The van der Waals surface area contributed by atoms with E-state index in [4.69, 9.17) is 21.1 Å². The van der Waals surface area contributed by atoms with E-state index in [1.165, 1.54) is 13.8 Å². The van der Waals surface area contributed by atoms with E-state index in [2.05, 4.69) is 41.2 Å². The summed E-state index contributed by atoms with van der Waals surface area (Å²) < 4.78 is 11.3. The molecular formula is C34H51ClO5. The Labute approximate surface area is 246 Å². The number of rotatable bonds is 5. The zero-order valence-corrected chi connectivity index (χ0v) is 26.6. The van der Waals surface area contributed by atoms with E-state index >= 15 is 0 Å². The Hall–Kier alpha value is -1.36. The van der Waals surface area contributed by atoms with Gasteiger partial charge in [-0.05, 0) is 127 Å². The molecule has 0 bridgehead atoms. The number of carbonyl (C=O) groups is 3. The molecule has 6 heteroatoms. The summed E-state index contributed by atoms with van der Waals surface area (Å²) in [5.74, 6) is 1.31. The van der Waals surface area contributed by atoms with Crippen molar-refractivity contribution in [2.75, 3.05) is 6.61 Å². The summed E-state index contributed by atoms with van der Waals surface area (Å²) in [4.78, 5) is 36.8. The van der Waals surface area contributed by atoms with Crippen LogP contribution in [0.25, 0.3) is 0 Å². The van der Waals surface area contributed by atoms with Crippen molar-refractivity contribution in [3.05, 3.63) is 12.2 Å².